The highest BCUT2D eigenvalue weighted by molar-refractivity contribution is 5.13. The third-order valence-corrected chi connectivity index (χ3v) is 3.02. The number of aromatic nitrogens is 1. The molecular weight excluding hydrogens is 206 g/mol. The van der Waals surface area contributed by atoms with Gasteiger partial charge in [-0.05, 0) is 6.42 Å². The van der Waals surface area contributed by atoms with Gasteiger partial charge in [0.05, 0.1) is 0 Å². The highest BCUT2D eigenvalue weighted by Gasteiger charge is 2.09. The highest BCUT2D eigenvalue weighted by atomic mass is 14.9. The maximum absolute atomic E-state index is 2.35. The molecule has 2 aromatic rings. The summed E-state index contributed by atoms with van der Waals surface area (Å²) >= 11 is 0. The first-order valence-electron chi connectivity index (χ1n) is 6.41. The van der Waals surface area contributed by atoms with Gasteiger partial charge in [-0.1, -0.05) is 49.7 Å². The molecule has 0 aliphatic heterocycles. The predicted octanol–water partition coefficient (Wildman–Crippen LogP) is 3.37. The number of hydrogen-bond donors (Lipinski definition) is 0. The Labute approximate surface area is 104 Å². The van der Waals surface area contributed by atoms with E-state index in [2.05, 4.69) is 66.2 Å². The molecule has 0 aliphatic carbocycles. The summed E-state index contributed by atoms with van der Waals surface area (Å²) in [6.45, 7) is 3.21. The lowest BCUT2D eigenvalue weighted by Crippen LogP contribution is -2.38. The van der Waals surface area contributed by atoms with Gasteiger partial charge in [-0.25, -0.2) is 0 Å². The Bertz CT molecular complexity index is 448. The fraction of sp³-hybridized carbons (Fsp3) is 0.312. The standard InChI is InChI=1S/C16H20N/c1-2-3-11-16-12-7-8-13-17(16)14-15-9-5-4-6-10-15/h4-10,12-13H,2-3,11,14H2,1H3/q+1. The normalized spacial score (nSPS) is 10.4. The molecule has 0 radical (unpaired) electrons. The maximum atomic E-state index is 2.35. The van der Waals surface area contributed by atoms with Gasteiger partial charge in [0.2, 0.25) is 0 Å². The number of rotatable bonds is 5. The Morgan fingerprint density at radius 1 is 0.941 bits per heavy atom. The Morgan fingerprint density at radius 2 is 1.71 bits per heavy atom. The first kappa shape index (κ1) is 11.8. The lowest BCUT2D eigenvalue weighted by Gasteiger charge is -2.03. The van der Waals surface area contributed by atoms with Crippen LogP contribution in [-0.2, 0) is 13.0 Å². The van der Waals surface area contributed by atoms with Crippen LogP contribution in [0.4, 0.5) is 0 Å². The Kier molecular flexibility index (Phi) is 4.31. The van der Waals surface area contributed by atoms with Gasteiger partial charge < -0.3 is 0 Å². The second-order valence-electron chi connectivity index (χ2n) is 4.41. The molecule has 0 saturated carbocycles. The molecule has 88 valence electrons. The second kappa shape index (κ2) is 6.19. The molecule has 1 heterocycles. The third-order valence-electron chi connectivity index (χ3n) is 3.02. The molecule has 0 fully saturated rings. The van der Waals surface area contributed by atoms with Crippen LogP contribution in [0.2, 0.25) is 0 Å². The van der Waals surface area contributed by atoms with Gasteiger partial charge >= 0.3 is 0 Å². The molecule has 2 rings (SSSR count). The van der Waals surface area contributed by atoms with Crippen molar-refractivity contribution in [3.8, 4) is 0 Å². The molecule has 1 aromatic carbocycles. The fourth-order valence-electron chi connectivity index (χ4n) is 2.03. The summed E-state index contributed by atoms with van der Waals surface area (Å²) in [5.74, 6) is 0. The van der Waals surface area contributed by atoms with Gasteiger partial charge in [-0.3, -0.25) is 0 Å². The van der Waals surface area contributed by atoms with Crippen molar-refractivity contribution in [3.63, 3.8) is 0 Å². The minimum Gasteiger partial charge on any atom is -0.198 e. The largest absolute Gasteiger partial charge is 0.198 e. The van der Waals surface area contributed by atoms with Crippen molar-refractivity contribution in [1.82, 2.24) is 0 Å². The molecular formula is C16H20N+. The van der Waals surface area contributed by atoms with E-state index >= 15 is 0 Å². The van der Waals surface area contributed by atoms with Crippen LogP contribution >= 0.6 is 0 Å². The predicted molar refractivity (Wildman–Crippen MR) is 70.8 cm³/mol. The van der Waals surface area contributed by atoms with Crippen LogP contribution in [0.15, 0.2) is 54.7 Å². The Balaban J connectivity index is 2.15. The van der Waals surface area contributed by atoms with E-state index in [0.29, 0.717) is 0 Å². The zero-order valence-electron chi connectivity index (χ0n) is 10.5. The number of benzene rings is 1. The lowest BCUT2D eigenvalue weighted by molar-refractivity contribution is -0.695. The van der Waals surface area contributed by atoms with E-state index in [4.69, 9.17) is 0 Å². The lowest BCUT2D eigenvalue weighted by atomic mass is 10.1. The van der Waals surface area contributed by atoms with Gasteiger partial charge in [0.25, 0.3) is 0 Å². The van der Waals surface area contributed by atoms with Crippen molar-refractivity contribution in [2.45, 2.75) is 32.7 Å². The summed E-state index contributed by atoms with van der Waals surface area (Å²) in [5, 5.41) is 0. The number of pyridine rings is 1. The van der Waals surface area contributed by atoms with Crippen LogP contribution in [-0.4, -0.2) is 0 Å². The molecule has 1 heteroatoms. The summed E-state index contributed by atoms with van der Waals surface area (Å²) in [7, 11) is 0. The van der Waals surface area contributed by atoms with E-state index < -0.39 is 0 Å². The van der Waals surface area contributed by atoms with Crippen LogP contribution in [0.3, 0.4) is 0 Å². The molecule has 1 aromatic heterocycles. The Hall–Kier alpha value is -1.63. The smallest absolute Gasteiger partial charge is 0.181 e. The Morgan fingerprint density at radius 3 is 2.47 bits per heavy atom. The number of nitrogens with zero attached hydrogens (tertiary/aromatic N) is 1. The third kappa shape index (κ3) is 3.42. The summed E-state index contributed by atoms with van der Waals surface area (Å²) in [6.07, 6.45) is 5.86. The molecule has 0 atom stereocenters. The topological polar surface area (TPSA) is 3.88 Å². The van der Waals surface area contributed by atoms with Gasteiger partial charge in [0.15, 0.2) is 18.4 Å². The first-order chi connectivity index (χ1) is 8.40. The summed E-state index contributed by atoms with van der Waals surface area (Å²) in [5.41, 5.74) is 2.79. The van der Waals surface area contributed by atoms with Crippen LogP contribution in [0.25, 0.3) is 0 Å². The highest BCUT2D eigenvalue weighted by Crippen LogP contribution is 2.02. The number of unbranched alkanes of at least 4 members (excludes halogenated alkanes) is 1. The summed E-state index contributed by atoms with van der Waals surface area (Å²) in [4.78, 5) is 0. The summed E-state index contributed by atoms with van der Waals surface area (Å²) < 4.78 is 2.35. The number of hydrogen-bond acceptors (Lipinski definition) is 0. The van der Waals surface area contributed by atoms with Crippen molar-refractivity contribution < 1.29 is 4.57 Å². The van der Waals surface area contributed by atoms with Crippen LogP contribution in [0.1, 0.15) is 31.0 Å². The van der Waals surface area contributed by atoms with Crippen LogP contribution < -0.4 is 4.57 Å². The first-order valence-corrected chi connectivity index (χ1v) is 6.41. The maximum Gasteiger partial charge on any atom is 0.181 e. The van der Waals surface area contributed by atoms with E-state index in [1.807, 2.05) is 0 Å². The molecule has 0 saturated heterocycles. The van der Waals surface area contributed by atoms with Crippen molar-refractivity contribution in [2.24, 2.45) is 0 Å². The second-order valence-corrected chi connectivity index (χ2v) is 4.41. The van der Waals surface area contributed by atoms with E-state index in [1.54, 1.807) is 0 Å². The molecule has 0 unspecified atom stereocenters. The zero-order valence-corrected chi connectivity index (χ0v) is 10.5. The molecule has 0 aliphatic rings. The molecule has 0 spiro atoms. The van der Waals surface area contributed by atoms with Crippen LogP contribution in [0, 0.1) is 0 Å². The molecule has 1 nitrogen and oxygen atoms in total. The van der Waals surface area contributed by atoms with E-state index in [0.717, 1.165) is 6.54 Å². The molecule has 0 amide bonds. The molecule has 17 heavy (non-hydrogen) atoms. The van der Waals surface area contributed by atoms with Gasteiger partial charge in [0.1, 0.15) is 0 Å². The average Bonchev–Trinajstić information content (AvgIpc) is 2.39. The quantitative estimate of drug-likeness (QED) is 0.688. The zero-order chi connectivity index (χ0) is 11.9. The van der Waals surface area contributed by atoms with E-state index in [-0.39, 0.29) is 0 Å². The number of aryl methyl sites for hydroxylation is 1. The monoisotopic (exact) mass is 226 g/mol. The molecule has 0 bridgehead atoms. The average molecular weight is 226 g/mol. The molecule has 0 N–H and O–H groups in total. The minimum absolute atomic E-state index is 0.973. The van der Waals surface area contributed by atoms with E-state index in [9.17, 15) is 0 Å². The van der Waals surface area contributed by atoms with Crippen molar-refractivity contribution in [1.29, 1.82) is 0 Å². The van der Waals surface area contributed by atoms with Crippen LogP contribution in [0.5, 0.6) is 0 Å². The fourth-order valence-corrected chi connectivity index (χ4v) is 2.03. The van der Waals surface area contributed by atoms with Gasteiger partial charge in [-0.15, -0.1) is 0 Å². The SMILES string of the molecule is CCCCc1cccc[n+]1Cc1ccccc1. The van der Waals surface area contributed by atoms with Crippen molar-refractivity contribution in [3.05, 3.63) is 66.0 Å². The van der Waals surface area contributed by atoms with Crippen molar-refractivity contribution in [2.75, 3.05) is 0 Å². The summed E-state index contributed by atoms with van der Waals surface area (Å²) in [6, 6.07) is 17.1. The van der Waals surface area contributed by atoms with E-state index in [1.165, 1.54) is 30.5 Å². The van der Waals surface area contributed by atoms with Gasteiger partial charge in [0, 0.05) is 24.1 Å². The minimum atomic E-state index is 0.973. The van der Waals surface area contributed by atoms with Gasteiger partial charge in [-0.2, -0.15) is 4.57 Å². The van der Waals surface area contributed by atoms with Crippen molar-refractivity contribution >= 4 is 0 Å².